The molecular formula is C20H25N2O7P. The van der Waals surface area contributed by atoms with E-state index in [-0.39, 0.29) is 29.7 Å². The van der Waals surface area contributed by atoms with Crippen LogP contribution in [0.15, 0.2) is 54.6 Å². The second kappa shape index (κ2) is 10.8. The molecule has 30 heavy (non-hydrogen) atoms. The first-order chi connectivity index (χ1) is 14.2. The third-order valence-electron chi connectivity index (χ3n) is 3.91. The number of nitrogens with zero attached hydrogens (tertiary/aromatic N) is 1. The van der Waals surface area contributed by atoms with Gasteiger partial charge >= 0.3 is 13.7 Å². The third kappa shape index (κ3) is 6.86. The van der Waals surface area contributed by atoms with Crippen LogP contribution in [0.3, 0.4) is 0 Å². The molecule has 0 radical (unpaired) electrons. The highest BCUT2D eigenvalue weighted by Crippen LogP contribution is 2.46. The van der Waals surface area contributed by atoms with Crippen molar-refractivity contribution in [2.45, 2.75) is 33.2 Å². The van der Waals surface area contributed by atoms with E-state index < -0.39 is 24.7 Å². The van der Waals surface area contributed by atoms with Crippen LogP contribution < -0.4 is 14.1 Å². The Bertz CT molecular complexity index is 888. The van der Waals surface area contributed by atoms with E-state index in [4.69, 9.17) is 13.8 Å². The highest BCUT2D eigenvalue weighted by Gasteiger charge is 2.37. The maximum Gasteiger partial charge on any atom is 0.513 e. The van der Waals surface area contributed by atoms with E-state index in [1.807, 2.05) is 6.92 Å². The average Bonchev–Trinajstić information content (AvgIpc) is 2.71. The van der Waals surface area contributed by atoms with E-state index in [0.29, 0.717) is 6.42 Å². The minimum atomic E-state index is -4.12. The lowest BCUT2D eigenvalue weighted by Crippen LogP contribution is -2.42. The summed E-state index contributed by atoms with van der Waals surface area (Å²) in [6.07, 6.45) is 0.647. The molecule has 9 nitrogen and oxygen atoms in total. The van der Waals surface area contributed by atoms with Gasteiger partial charge in [0, 0.05) is 12.1 Å². The molecule has 0 heterocycles. The van der Waals surface area contributed by atoms with Crippen molar-refractivity contribution in [2.75, 3.05) is 6.61 Å². The quantitative estimate of drug-likeness (QED) is 0.233. The fraction of sp³-hybridized carbons (Fsp3) is 0.350. The smallest absolute Gasteiger partial charge is 0.465 e. The Morgan fingerprint density at radius 2 is 1.63 bits per heavy atom. The van der Waals surface area contributed by atoms with Crippen LogP contribution in [-0.2, 0) is 14.1 Å². The van der Waals surface area contributed by atoms with Crippen LogP contribution in [0, 0.1) is 16.0 Å². The summed E-state index contributed by atoms with van der Waals surface area (Å²) >= 11 is 0. The molecule has 0 fully saturated rings. The molecule has 162 valence electrons. The SMILES string of the molecule is CCCOC(=O)C(NP(=O)(Oc1ccccc1)Oc1ccc([N+](=O)[O-])cc1)C(C)C. The molecule has 10 heteroatoms. The van der Waals surface area contributed by atoms with Crippen molar-refractivity contribution in [1.29, 1.82) is 0 Å². The zero-order chi connectivity index (χ0) is 22.1. The van der Waals surface area contributed by atoms with Gasteiger partial charge in [0.15, 0.2) is 0 Å². The molecule has 0 aliphatic carbocycles. The predicted octanol–water partition coefficient (Wildman–Crippen LogP) is 4.73. The van der Waals surface area contributed by atoms with Gasteiger partial charge < -0.3 is 13.8 Å². The molecule has 0 saturated carbocycles. The van der Waals surface area contributed by atoms with Gasteiger partial charge in [0.2, 0.25) is 0 Å². The van der Waals surface area contributed by atoms with Crippen LogP contribution in [0.5, 0.6) is 11.5 Å². The molecule has 2 aromatic rings. The van der Waals surface area contributed by atoms with Crippen molar-refractivity contribution in [3.63, 3.8) is 0 Å². The molecule has 2 atom stereocenters. The lowest BCUT2D eigenvalue weighted by Gasteiger charge is -2.26. The van der Waals surface area contributed by atoms with E-state index in [1.165, 1.54) is 24.3 Å². The Hall–Kier alpha value is -2.90. The van der Waals surface area contributed by atoms with Gasteiger partial charge in [-0.05, 0) is 36.6 Å². The molecule has 2 rings (SSSR count). The van der Waals surface area contributed by atoms with Gasteiger partial charge in [-0.15, -0.1) is 0 Å². The van der Waals surface area contributed by atoms with Crippen LogP contribution in [0.1, 0.15) is 27.2 Å². The number of hydrogen-bond acceptors (Lipinski definition) is 7. The molecule has 2 unspecified atom stereocenters. The molecule has 0 aromatic heterocycles. The Balaban J connectivity index is 2.30. The number of carbonyl (C=O) groups is 1. The normalized spacial score (nSPS) is 13.9. The monoisotopic (exact) mass is 436 g/mol. The van der Waals surface area contributed by atoms with Crippen LogP contribution in [0.4, 0.5) is 5.69 Å². The van der Waals surface area contributed by atoms with Crippen molar-refractivity contribution in [1.82, 2.24) is 5.09 Å². The second-order valence-corrected chi connectivity index (χ2v) is 8.38. The number of rotatable bonds is 11. The number of benzene rings is 2. The minimum Gasteiger partial charge on any atom is -0.465 e. The molecule has 0 amide bonds. The number of carbonyl (C=O) groups excluding carboxylic acids is 1. The summed E-state index contributed by atoms with van der Waals surface area (Å²) in [6, 6.07) is 12.4. The van der Waals surface area contributed by atoms with E-state index >= 15 is 0 Å². The van der Waals surface area contributed by atoms with Crippen molar-refractivity contribution in [3.05, 3.63) is 64.7 Å². The summed E-state index contributed by atoms with van der Waals surface area (Å²) in [5.41, 5.74) is -0.141. The van der Waals surface area contributed by atoms with E-state index in [1.54, 1.807) is 44.2 Å². The molecule has 2 aromatic carbocycles. The topological polar surface area (TPSA) is 117 Å². The van der Waals surface area contributed by atoms with Crippen molar-refractivity contribution in [2.24, 2.45) is 5.92 Å². The van der Waals surface area contributed by atoms with Crippen LogP contribution in [0.2, 0.25) is 0 Å². The number of non-ortho nitro benzene ring substituents is 1. The molecule has 0 bridgehead atoms. The molecular weight excluding hydrogens is 411 g/mol. The van der Waals surface area contributed by atoms with Gasteiger partial charge in [-0.1, -0.05) is 39.0 Å². The largest absolute Gasteiger partial charge is 0.513 e. The summed E-state index contributed by atoms with van der Waals surface area (Å²) in [5.74, 6) is -0.505. The highest BCUT2D eigenvalue weighted by atomic mass is 31.2. The van der Waals surface area contributed by atoms with Crippen LogP contribution in [-0.4, -0.2) is 23.5 Å². The van der Waals surface area contributed by atoms with Crippen LogP contribution >= 0.6 is 7.75 Å². The second-order valence-electron chi connectivity index (χ2n) is 6.76. The zero-order valence-corrected chi connectivity index (χ0v) is 17.9. The first kappa shape index (κ1) is 23.4. The molecule has 0 saturated heterocycles. The summed E-state index contributed by atoms with van der Waals surface area (Å²) in [7, 11) is -4.12. The summed E-state index contributed by atoms with van der Waals surface area (Å²) < 4.78 is 29.9. The molecule has 0 aliphatic heterocycles. The van der Waals surface area contributed by atoms with Gasteiger partial charge in [-0.25, -0.2) is 4.57 Å². The summed E-state index contributed by atoms with van der Waals surface area (Å²) in [6.45, 7) is 5.64. The van der Waals surface area contributed by atoms with Gasteiger partial charge in [0.1, 0.15) is 17.5 Å². The minimum absolute atomic E-state index is 0.0804. The van der Waals surface area contributed by atoms with Crippen molar-refractivity contribution < 1.29 is 28.1 Å². The summed E-state index contributed by atoms with van der Waals surface area (Å²) in [4.78, 5) is 22.7. The summed E-state index contributed by atoms with van der Waals surface area (Å²) in [5, 5.41) is 13.5. The fourth-order valence-electron chi connectivity index (χ4n) is 2.40. The third-order valence-corrected chi connectivity index (χ3v) is 5.40. The van der Waals surface area contributed by atoms with Gasteiger partial charge in [0.05, 0.1) is 11.5 Å². The maximum atomic E-state index is 13.6. The Kier molecular flexibility index (Phi) is 8.38. The highest BCUT2D eigenvalue weighted by molar-refractivity contribution is 7.52. The molecule has 0 spiro atoms. The maximum absolute atomic E-state index is 13.6. The van der Waals surface area contributed by atoms with Gasteiger partial charge in [-0.3, -0.25) is 14.9 Å². The van der Waals surface area contributed by atoms with Crippen molar-refractivity contribution in [3.8, 4) is 11.5 Å². The van der Waals surface area contributed by atoms with Gasteiger partial charge in [-0.2, -0.15) is 5.09 Å². The number of esters is 1. The lowest BCUT2D eigenvalue weighted by molar-refractivity contribution is -0.384. The number of nitro benzene ring substituents is 1. The zero-order valence-electron chi connectivity index (χ0n) is 17.0. The first-order valence-corrected chi connectivity index (χ1v) is 11.0. The Morgan fingerprint density at radius 3 is 2.13 bits per heavy atom. The van der Waals surface area contributed by atoms with Gasteiger partial charge in [0.25, 0.3) is 5.69 Å². The first-order valence-electron chi connectivity index (χ1n) is 9.47. The lowest BCUT2D eigenvalue weighted by atomic mass is 10.1. The number of para-hydroxylation sites is 1. The number of hydrogen-bond donors (Lipinski definition) is 1. The number of nitro groups is 1. The number of nitrogens with one attached hydrogen (secondary N) is 1. The predicted molar refractivity (Wildman–Crippen MR) is 111 cm³/mol. The molecule has 0 aliphatic rings. The fourth-order valence-corrected chi connectivity index (χ4v) is 4.08. The Morgan fingerprint density at radius 1 is 1.07 bits per heavy atom. The molecule has 1 N–H and O–H groups in total. The Labute approximate surface area is 175 Å². The average molecular weight is 436 g/mol. The van der Waals surface area contributed by atoms with E-state index in [9.17, 15) is 19.5 Å². The van der Waals surface area contributed by atoms with Crippen LogP contribution in [0.25, 0.3) is 0 Å². The van der Waals surface area contributed by atoms with E-state index in [2.05, 4.69) is 5.09 Å². The van der Waals surface area contributed by atoms with Crippen molar-refractivity contribution >= 4 is 19.4 Å². The number of ether oxygens (including phenoxy) is 1. The van der Waals surface area contributed by atoms with E-state index in [0.717, 1.165) is 0 Å². The standard InChI is InChI=1S/C20H25N2O7P/c1-4-14-27-20(23)19(15(2)3)21-30(26,28-17-8-6-5-7-9-17)29-18-12-10-16(11-13-18)22(24)25/h5-13,15,19H,4,14H2,1-3H3,(H,21,26).